The second-order valence-corrected chi connectivity index (χ2v) is 5.97. The minimum atomic E-state index is -0.872. The van der Waals surface area contributed by atoms with Crippen molar-refractivity contribution in [1.29, 1.82) is 0 Å². The Bertz CT molecular complexity index is 979. The summed E-state index contributed by atoms with van der Waals surface area (Å²) in [6.45, 7) is 0. The van der Waals surface area contributed by atoms with Crippen LogP contribution in [0.4, 0.5) is 0 Å². The SMILES string of the molecule is O[C@H]1c2cccc3c4ccccc4c4cccc(c4c23)[C@@H]1O. The van der Waals surface area contributed by atoms with Gasteiger partial charge in [-0.25, -0.2) is 0 Å². The number of rotatable bonds is 0. The van der Waals surface area contributed by atoms with Gasteiger partial charge in [-0.05, 0) is 43.4 Å². The molecule has 2 atom stereocenters. The summed E-state index contributed by atoms with van der Waals surface area (Å²) in [6.07, 6.45) is -1.74. The molecule has 4 aromatic carbocycles. The third-order valence-electron chi connectivity index (χ3n) is 4.89. The lowest BCUT2D eigenvalue weighted by Gasteiger charge is -2.28. The Labute approximate surface area is 127 Å². The van der Waals surface area contributed by atoms with Crippen molar-refractivity contribution >= 4 is 32.3 Å². The summed E-state index contributed by atoms with van der Waals surface area (Å²) in [5.74, 6) is 0. The Morgan fingerprint density at radius 2 is 0.909 bits per heavy atom. The van der Waals surface area contributed by atoms with Crippen molar-refractivity contribution in [3.63, 3.8) is 0 Å². The maximum atomic E-state index is 10.5. The average Bonchev–Trinajstić information content (AvgIpc) is 2.58. The summed E-state index contributed by atoms with van der Waals surface area (Å²) in [4.78, 5) is 0. The summed E-state index contributed by atoms with van der Waals surface area (Å²) in [5.41, 5.74) is 1.64. The number of aliphatic hydroxyl groups excluding tert-OH is 2. The Hall–Kier alpha value is -2.42. The zero-order valence-corrected chi connectivity index (χ0v) is 11.8. The number of hydrogen-bond acceptors (Lipinski definition) is 2. The second kappa shape index (κ2) is 4.07. The molecule has 0 fully saturated rings. The fourth-order valence-electron chi connectivity index (χ4n) is 3.93. The Morgan fingerprint density at radius 3 is 1.36 bits per heavy atom. The lowest BCUT2D eigenvalue weighted by molar-refractivity contribution is 0.0178. The molecule has 0 spiro atoms. The summed E-state index contributed by atoms with van der Waals surface area (Å²) >= 11 is 0. The molecule has 0 amide bonds. The average molecular weight is 286 g/mol. The normalized spacial score (nSPS) is 20.3. The van der Waals surface area contributed by atoms with Crippen LogP contribution >= 0.6 is 0 Å². The lowest BCUT2D eigenvalue weighted by atomic mass is 9.81. The van der Waals surface area contributed by atoms with E-state index in [9.17, 15) is 10.2 Å². The molecular formula is C20H14O2. The fourth-order valence-corrected chi connectivity index (χ4v) is 3.93. The molecule has 0 saturated heterocycles. The van der Waals surface area contributed by atoms with Crippen LogP contribution in [0.15, 0.2) is 60.7 Å². The third kappa shape index (κ3) is 1.32. The van der Waals surface area contributed by atoms with Gasteiger partial charge in [-0.3, -0.25) is 0 Å². The Kier molecular flexibility index (Phi) is 2.25. The molecular weight excluding hydrogens is 272 g/mol. The lowest BCUT2D eigenvalue weighted by Crippen LogP contribution is -2.15. The summed E-state index contributed by atoms with van der Waals surface area (Å²) in [7, 11) is 0. The highest BCUT2D eigenvalue weighted by Crippen LogP contribution is 2.47. The monoisotopic (exact) mass is 286 g/mol. The molecule has 0 aromatic heterocycles. The van der Waals surface area contributed by atoms with Crippen molar-refractivity contribution in [2.24, 2.45) is 0 Å². The molecule has 0 bridgehead atoms. The molecule has 22 heavy (non-hydrogen) atoms. The standard InChI is InChI=1S/C20H14O2/c21-19-15-9-3-7-13-11-5-1-2-6-12(11)14-8-4-10-16(20(19)22)18(14)17(13)15/h1-10,19-22H/t19-,20-/m0/s1. The van der Waals surface area contributed by atoms with Crippen LogP contribution < -0.4 is 0 Å². The Balaban J connectivity index is 2.22. The quantitative estimate of drug-likeness (QED) is 0.475. The molecule has 1 aliphatic carbocycles. The van der Waals surface area contributed by atoms with Crippen LogP contribution in [0.5, 0.6) is 0 Å². The molecule has 4 aromatic rings. The smallest absolute Gasteiger partial charge is 0.110 e. The van der Waals surface area contributed by atoms with Crippen molar-refractivity contribution in [2.45, 2.75) is 12.2 Å². The number of fused-ring (bicyclic) bond motifs is 3. The summed E-state index contributed by atoms with van der Waals surface area (Å²) in [6, 6.07) is 20.3. The third-order valence-corrected chi connectivity index (χ3v) is 4.89. The van der Waals surface area contributed by atoms with Crippen molar-refractivity contribution in [3.05, 3.63) is 71.8 Å². The van der Waals surface area contributed by atoms with Gasteiger partial charge in [-0.1, -0.05) is 60.7 Å². The maximum absolute atomic E-state index is 10.5. The molecule has 1 aliphatic rings. The van der Waals surface area contributed by atoms with E-state index in [0.29, 0.717) is 0 Å². The van der Waals surface area contributed by atoms with E-state index >= 15 is 0 Å². The van der Waals surface area contributed by atoms with Gasteiger partial charge in [-0.15, -0.1) is 0 Å². The minimum Gasteiger partial charge on any atom is -0.385 e. The summed E-state index contributed by atoms with van der Waals surface area (Å²) in [5, 5.41) is 27.8. The van der Waals surface area contributed by atoms with E-state index in [1.807, 2.05) is 36.4 Å². The van der Waals surface area contributed by atoms with Gasteiger partial charge in [0.2, 0.25) is 0 Å². The molecule has 2 heteroatoms. The first kappa shape index (κ1) is 12.2. The van der Waals surface area contributed by atoms with Crippen LogP contribution in [0.1, 0.15) is 23.3 Å². The molecule has 106 valence electrons. The Morgan fingerprint density at radius 1 is 0.500 bits per heavy atom. The van der Waals surface area contributed by atoms with E-state index in [2.05, 4.69) is 24.3 Å². The molecule has 0 saturated carbocycles. The number of aliphatic hydroxyl groups is 2. The van der Waals surface area contributed by atoms with Crippen molar-refractivity contribution in [1.82, 2.24) is 0 Å². The zero-order chi connectivity index (χ0) is 14.8. The van der Waals surface area contributed by atoms with Crippen LogP contribution in [-0.2, 0) is 0 Å². The van der Waals surface area contributed by atoms with Gasteiger partial charge < -0.3 is 10.2 Å². The van der Waals surface area contributed by atoms with Crippen molar-refractivity contribution < 1.29 is 10.2 Å². The minimum absolute atomic E-state index is 0.819. The van der Waals surface area contributed by atoms with Crippen molar-refractivity contribution in [2.75, 3.05) is 0 Å². The van der Waals surface area contributed by atoms with E-state index in [0.717, 1.165) is 32.7 Å². The van der Waals surface area contributed by atoms with E-state index in [1.54, 1.807) is 0 Å². The molecule has 5 rings (SSSR count). The number of hydrogen-bond donors (Lipinski definition) is 2. The number of benzene rings is 4. The van der Waals surface area contributed by atoms with Gasteiger partial charge in [0.1, 0.15) is 12.2 Å². The molecule has 0 radical (unpaired) electrons. The first-order valence-electron chi connectivity index (χ1n) is 7.49. The van der Waals surface area contributed by atoms with E-state index in [4.69, 9.17) is 0 Å². The van der Waals surface area contributed by atoms with Gasteiger partial charge in [0.15, 0.2) is 0 Å². The van der Waals surface area contributed by atoms with Crippen LogP contribution in [-0.4, -0.2) is 10.2 Å². The highest BCUT2D eigenvalue weighted by Gasteiger charge is 2.30. The van der Waals surface area contributed by atoms with Crippen LogP contribution in [0.25, 0.3) is 32.3 Å². The van der Waals surface area contributed by atoms with Crippen LogP contribution in [0, 0.1) is 0 Å². The van der Waals surface area contributed by atoms with E-state index in [1.165, 1.54) is 10.8 Å². The largest absolute Gasteiger partial charge is 0.385 e. The first-order valence-corrected chi connectivity index (χ1v) is 7.49. The maximum Gasteiger partial charge on any atom is 0.110 e. The van der Waals surface area contributed by atoms with Crippen LogP contribution in [0.3, 0.4) is 0 Å². The highest BCUT2D eigenvalue weighted by atomic mass is 16.3. The van der Waals surface area contributed by atoms with Gasteiger partial charge in [0.25, 0.3) is 0 Å². The van der Waals surface area contributed by atoms with Gasteiger partial charge in [0.05, 0.1) is 0 Å². The fraction of sp³-hybridized carbons (Fsp3) is 0.100. The predicted molar refractivity (Wildman–Crippen MR) is 88.9 cm³/mol. The van der Waals surface area contributed by atoms with E-state index in [-0.39, 0.29) is 0 Å². The van der Waals surface area contributed by atoms with Gasteiger partial charge >= 0.3 is 0 Å². The van der Waals surface area contributed by atoms with Crippen LogP contribution in [0.2, 0.25) is 0 Å². The second-order valence-electron chi connectivity index (χ2n) is 5.97. The van der Waals surface area contributed by atoms with Crippen molar-refractivity contribution in [3.8, 4) is 0 Å². The zero-order valence-electron chi connectivity index (χ0n) is 11.8. The molecule has 0 aliphatic heterocycles. The van der Waals surface area contributed by atoms with E-state index < -0.39 is 12.2 Å². The van der Waals surface area contributed by atoms with Gasteiger partial charge in [0, 0.05) is 0 Å². The van der Waals surface area contributed by atoms with Gasteiger partial charge in [-0.2, -0.15) is 0 Å². The topological polar surface area (TPSA) is 40.5 Å². The first-order chi connectivity index (χ1) is 10.8. The molecule has 2 nitrogen and oxygen atoms in total. The highest BCUT2D eigenvalue weighted by molar-refractivity contribution is 6.27. The summed E-state index contributed by atoms with van der Waals surface area (Å²) < 4.78 is 0. The molecule has 0 heterocycles. The predicted octanol–water partition coefficient (Wildman–Crippen LogP) is 4.23. The molecule has 0 unspecified atom stereocenters. The molecule has 2 N–H and O–H groups in total.